The van der Waals surface area contributed by atoms with Crippen molar-refractivity contribution in [3.05, 3.63) is 74.6 Å². The molecule has 0 aliphatic carbocycles. The number of nitrogens with zero attached hydrogens (tertiary/aromatic N) is 1. The van der Waals surface area contributed by atoms with Gasteiger partial charge >= 0.3 is 0 Å². The van der Waals surface area contributed by atoms with Crippen LogP contribution >= 0.6 is 0 Å². The summed E-state index contributed by atoms with van der Waals surface area (Å²) in [5, 5.41) is 19.7. The first-order chi connectivity index (χ1) is 12.9. The first-order valence-electron chi connectivity index (χ1n) is 8.71. The summed E-state index contributed by atoms with van der Waals surface area (Å²) in [5.74, 6) is -0.401. The van der Waals surface area contributed by atoms with Crippen LogP contribution in [0.4, 0.5) is 0 Å². The van der Waals surface area contributed by atoms with Crippen LogP contribution in [0, 0.1) is 13.8 Å². The molecule has 0 unspecified atom stereocenters. The van der Waals surface area contributed by atoms with Crippen molar-refractivity contribution in [3.63, 3.8) is 0 Å². The zero-order valence-corrected chi connectivity index (χ0v) is 15.0. The number of amides is 1. The number of phenols is 1. The number of phenolic OH excluding ortho intramolecular Hbond substituents is 1. The Morgan fingerprint density at radius 3 is 2.63 bits per heavy atom. The van der Waals surface area contributed by atoms with Gasteiger partial charge in [0, 0.05) is 6.54 Å². The van der Waals surface area contributed by atoms with Crippen LogP contribution in [0.1, 0.15) is 38.9 Å². The second-order valence-electron chi connectivity index (χ2n) is 6.85. The maximum Gasteiger partial charge on any atom is 0.290 e. The topological polar surface area (TPSA) is 91.0 Å². The molecule has 1 atom stereocenters. The number of β-amino-alcohol motifs (C(OH)–C–C–N with tert-alkyl or cyclic N) is 1. The Morgan fingerprint density at radius 2 is 1.93 bits per heavy atom. The molecule has 6 nitrogen and oxygen atoms in total. The summed E-state index contributed by atoms with van der Waals surface area (Å²) in [6.07, 6.45) is 0. The minimum Gasteiger partial charge on any atom is -0.508 e. The SMILES string of the molecule is Cc1cc(C)c2oc3c(c(=O)c2c1)[C@H](c1cccc(O)c1)N(CCO)C3=O. The summed E-state index contributed by atoms with van der Waals surface area (Å²) in [5.41, 5.74) is 2.69. The van der Waals surface area contributed by atoms with Crippen LogP contribution in [-0.4, -0.2) is 34.2 Å². The summed E-state index contributed by atoms with van der Waals surface area (Å²) >= 11 is 0. The number of hydrogen-bond acceptors (Lipinski definition) is 5. The number of aryl methyl sites for hydroxylation is 2. The Morgan fingerprint density at radius 1 is 1.15 bits per heavy atom. The van der Waals surface area contributed by atoms with Gasteiger partial charge in [0.15, 0.2) is 5.43 Å². The summed E-state index contributed by atoms with van der Waals surface area (Å²) < 4.78 is 5.91. The van der Waals surface area contributed by atoms with E-state index in [0.29, 0.717) is 16.5 Å². The van der Waals surface area contributed by atoms with Crippen molar-refractivity contribution in [2.24, 2.45) is 0 Å². The molecule has 1 aromatic heterocycles. The van der Waals surface area contributed by atoms with Crippen LogP contribution in [-0.2, 0) is 0 Å². The van der Waals surface area contributed by atoms with Crippen LogP contribution < -0.4 is 5.43 Å². The lowest BCUT2D eigenvalue weighted by molar-refractivity contribution is 0.0691. The average molecular weight is 365 g/mol. The molecule has 0 spiro atoms. The van der Waals surface area contributed by atoms with Crippen molar-refractivity contribution < 1.29 is 19.4 Å². The summed E-state index contributed by atoms with van der Waals surface area (Å²) in [7, 11) is 0. The van der Waals surface area contributed by atoms with Gasteiger partial charge in [0.2, 0.25) is 5.76 Å². The highest BCUT2D eigenvalue weighted by Crippen LogP contribution is 2.39. The van der Waals surface area contributed by atoms with Gasteiger partial charge in [0.05, 0.1) is 23.6 Å². The molecule has 2 N–H and O–H groups in total. The molecule has 1 amide bonds. The second-order valence-corrected chi connectivity index (χ2v) is 6.85. The zero-order valence-electron chi connectivity index (χ0n) is 15.0. The number of fused-ring (bicyclic) bond motifs is 2. The number of carbonyl (C=O) groups is 1. The van der Waals surface area contributed by atoms with E-state index in [1.54, 1.807) is 18.2 Å². The average Bonchev–Trinajstić information content (AvgIpc) is 2.89. The van der Waals surface area contributed by atoms with Crippen molar-refractivity contribution in [2.75, 3.05) is 13.2 Å². The Balaban J connectivity index is 2.05. The van der Waals surface area contributed by atoms with Crippen molar-refractivity contribution in [3.8, 4) is 5.75 Å². The summed E-state index contributed by atoms with van der Waals surface area (Å²) in [6.45, 7) is 3.54. The van der Waals surface area contributed by atoms with Crippen molar-refractivity contribution in [1.82, 2.24) is 4.90 Å². The molecule has 6 heteroatoms. The van der Waals surface area contributed by atoms with Crippen LogP contribution in [0.15, 0.2) is 45.6 Å². The van der Waals surface area contributed by atoms with Crippen LogP contribution in [0.5, 0.6) is 5.75 Å². The first-order valence-corrected chi connectivity index (χ1v) is 8.71. The molecule has 1 aliphatic rings. The molecule has 0 saturated heterocycles. The van der Waals surface area contributed by atoms with Gasteiger partial charge in [0.25, 0.3) is 5.91 Å². The second kappa shape index (κ2) is 6.25. The van der Waals surface area contributed by atoms with E-state index in [9.17, 15) is 19.8 Å². The predicted molar refractivity (Wildman–Crippen MR) is 100 cm³/mol. The van der Waals surface area contributed by atoms with Gasteiger partial charge in [-0.2, -0.15) is 0 Å². The van der Waals surface area contributed by atoms with Gasteiger partial charge in [-0.1, -0.05) is 18.2 Å². The van der Waals surface area contributed by atoms with Gasteiger partial charge in [-0.05, 0) is 48.7 Å². The monoisotopic (exact) mass is 365 g/mol. The fraction of sp³-hybridized carbons (Fsp3) is 0.238. The van der Waals surface area contributed by atoms with Crippen molar-refractivity contribution in [2.45, 2.75) is 19.9 Å². The zero-order chi connectivity index (χ0) is 19.3. The molecule has 27 heavy (non-hydrogen) atoms. The maximum absolute atomic E-state index is 13.3. The molecule has 2 heterocycles. The fourth-order valence-corrected chi connectivity index (χ4v) is 3.85. The smallest absolute Gasteiger partial charge is 0.290 e. The van der Waals surface area contributed by atoms with E-state index in [2.05, 4.69) is 0 Å². The molecule has 0 bridgehead atoms. The van der Waals surface area contributed by atoms with E-state index < -0.39 is 11.9 Å². The maximum atomic E-state index is 13.3. The standard InChI is InChI=1S/C21H19NO5/c1-11-8-12(2)19-15(9-11)18(25)16-17(13-4-3-5-14(24)10-13)22(6-7-23)21(26)20(16)27-19/h3-5,8-10,17,23-24H,6-7H2,1-2H3/t17-/m0/s1. The van der Waals surface area contributed by atoms with Crippen molar-refractivity contribution >= 4 is 16.9 Å². The van der Waals surface area contributed by atoms with E-state index in [4.69, 9.17) is 4.42 Å². The highest BCUT2D eigenvalue weighted by Gasteiger charge is 2.42. The normalized spacial score (nSPS) is 16.2. The van der Waals surface area contributed by atoms with E-state index >= 15 is 0 Å². The highest BCUT2D eigenvalue weighted by atomic mass is 16.3. The molecule has 4 rings (SSSR count). The highest BCUT2D eigenvalue weighted by molar-refractivity contribution is 5.99. The lowest BCUT2D eigenvalue weighted by atomic mass is 9.97. The summed E-state index contributed by atoms with van der Waals surface area (Å²) in [6, 6.07) is 9.37. The number of carbonyl (C=O) groups excluding carboxylic acids is 1. The third-order valence-electron chi connectivity index (χ3n) is 4.92. The third kappa shape index (κ3) is 2.61. The number of aromatic hydroxyl groups is 1. The fourth-order valence-electron chi connectivity index (χ4n) is 3.85. The Bertz CT molecular complexity index is 1130. The van der Waals surface area contributed by atoms with Gasteiger partial charge in [-0.3, -0.25) is 9.59 Å². The Hall–Kier alpha value is -3.12. The minimum absolute atomic E-state index is 0.00115. The minimum atomic E-state index is -0.715. The molecule has 0 radical (unpaired) electrons. The molecule has 3 aromatic rings. The Kier molecular flexibility index (Phi) is 4.00. The number of aliphatic hydroxyl groups excluding tert-OH is 1. The van der Waals surface area contributed by atoms with Crippen LogP contribution in [0.2, 0.25) is 0 Å². The van der Waals surface area contributed by atoms with Gasteiger partial charge < -0.3 is 19.5 Å². The Labute approximate surface area is 155 Å². The number of aliphatic hydroxyl groups is 1. The molecule has 0 saturated carbocycles. The largest absolute Gasteiger partial charge is 0.508 e. The molecule has 1 aliphatic heterocycles. The third-order valence-corrected chi connectivity index (χ3v) is 4.92. The lowest BCUT2D eigenvalue weighted by Crippen LogP contribution is -2.32. The molecule has 138 valence electrons. The number of benzene rings is 2. The number of rotatable bonds is 3. The first kappa shape index (κ1) is 17.3. The van der Waals surface area contributed by atoms with Gasteiger partial charge in [-0.25, -0.2) is 0 Å². The van der Waals surface area contributed by atoms with Crippen molar-refractivity contribution in [1.29, 1.82) is 0 Å². The molecule has 2 aromatic carbocycles. The van der Waals surface area contributed by atoms with Crippen LogP contribution in [0.25, 0.3) is 11.0 Å². The van der Waals surface area contributed by atoms with Gasteiger partial charge in [-0.15, -0.1) is 0 Å². The van der Waals surface area contributed by atoms with Crippen LogP contribution in [0.3, 0.4) is 0 Å². The summed E-state index contributed by atoms with van der Waals surface area (Å²) in [4.78, 5) is 27.7. The quantitative estimate of drug-likeness (QED) is 0.745. The van der Waals surface area contributed by atoms with E-state index in [-0.39, 0.29) is 35.7 Å². The number of hydrogen-bond donors (Lipinski definition) is 2. The lowest BCUT2D eigenvalue weighted by Gasteiger charge is -2.24. The molecule has 0 fully saturated rings. The van der Waals surface area contributed by atoms with E-state index in [1.165, 1.54) is 17.0 Å². The molecular formula is C21H19NO5. The van der Waals surface area contributed by atoms with E-state index in [1.807, 2.05) is 19.9 Å². The van der Waals surface area contributed by atoms with Gasteiger partial charge in [0.1, 0.15) is 11.3 Å². The predicted octanol–water partition coefficient (Wildman–Crippen LogP) is 2.65. The molecular weight excluding hydrogens is 346 g/mol. The van der Waals surface area contributed by atoms with E-state index in [0.717, 1.165) is 11.1 Å².